The smallest absolute Gasteiger partial charge is 0.220 e. The SMILES string of the molecule is Cc1cc(-c2cccc(N3C(N)=NC(N)=NC34CCCCC4)c2)sn1. The van der Waals surface area contributed by atoms with Gasteiger partial charge in [-0.3, -0.25) is 4.90 Å². The van der Waals surface area contributed by atoms with Gasteiger partial charge in [0, 0.05) is 5.69 Å². The number of rotatable bonds is 2. The second-order valence-corrected chi connectivity index (χ2v) is 7.51. The van der Waals surface area contributed by atoms with Crippen LogP contribution in [0.4, 0.5) is 5.69 Å². The number of benzene rings is 1. The van der Waals surface area contributed by atoms with E-state index in [0.717, 1.165) is 47.5 Å². The van der Waals surface area contributed by atoms with Crippen molar-refractivity contribution in [1.29, 1.82) is 0 Å². The van der Waals surface area contributed by atoms with Crippen molar-refractivity contribution in [2.75, 3.05) is 4.90 Å². The second-order valence-electron chi connectivity index (χ2n) is 6.70. The minimum atomic E-state index is -0.406. The van der Waals surface area contributed by atoms with Gasteiger partial charge in [0.2, 0.25) is 11.9 Å². The maximum atomic E-state index is 6.31. The van der Waals surface area contributed by atoms with Crippen LogP contribution in [-0.2, 0) is 0 Å². The van der Waals surface area contributed by atoms with Gasteiger partial charge in [-0.05, 0) is 67.9 Å². The molecule has 1 spiro atoms. The van der Waals surface area contributed by atoms with Crippen molar-refractivity contribution in [2.45, 2.75) is 44.7 Å². The summed E-state index contributed by atoms with van der Waals surface area (Å²) in [6, 6.07) is 10.4. The largest absolute Gasteiger partial charge is 0.369 e. The maximum absolute atomic E-state index is 6.31. The lowest BCUT2D eigenvalue weighted by Gasteiger charge is -2.45. The number of anilines is 1. The minimum Gasteiger partial charge on any atom is -0.369 e. The van der Waals surface area contributed by atoms with Gasteiger partial charge >= 0.3 is 0 Å². The maximum Gasteiger partial charge on any atom is 0.220 e. The first-order chi connectivity index (χ1) is 12.1. The predicted molar refractivity (Wildman–Crippen MR) is 104 cm³/mol. The first-order valence-corrected chi connectivity index (χ1v) is 9.38. The highest BCUT2D eigenvalue weighted by atomic mass is 32.1. The number of nitrogens with zero attached hydrogens (tertiary/aromatic N) is 4. The third-order valence-corrected chi connectivity index (χ3v) is 5.80. The molecule has 0 unspecified atom stereocenters. The highest BCUT2D eigenvalue weighted by Crippen LogP contribution is 2.40. The summed E-state index contributed by atoms with van der Waals surface area (Å²) in [6.07, 6.45) is 5.34. The molecule has 0 amide bonds. The first-order valence-electron chi connectivity index (χ1n) is 8.61. The number of aryl methyl sites for hydroxylation is 1. The lowest BCUT2D eigenvalue weighted by molar-refractivity contribution is 0.305. The lowest BCUT2D eigenvalue weighted by Crippen LogP contribution is -2.58. The molecule has 25 heavy (non-hydrogen) atoms. The number of hydrogen-bond acceptors (Lipinski definition) is 7. The lowest BCUT2D eigenvalue weighted by atomic mass is 9.87. The van der Waals surface area contributed by atoms with Crippen molar-refractivity contribution in [3.63, 3.8) is 0 Å². The summed E-state index contributed by atoms with van der Waals surface area (Å²) in [5.74, 6) is 0.705. The molecule has 130 valence electrons. The summed E-state index contributed by atoms with van der Waals surface area (Å²) in [5.41, 5.74) is 15.0. The fraction of sp³-hybridized carbons (Fsp3) is 0.389. The molecule has 4 N–H and O–H groups in total. The molecule has 1 aliphatic heterocycles. The summed E-state index contributed by atoms with van der Waals surface area (Å²) >= 11 is 1.51. The van der Waals surface area contributed by atoms with Gasteiger partial charge in [0.05, 0.1) is 10.6 Å². The summed E-state index contributed by atoms with van der Waals surface area (Å²) in [6.45, 7) is 2.01. The fourth-order valence-corrected chi connectivity index (χ4v) is 4.54. The van der Waals surface area contributed by atoms with Crippen molar-refractivity contribution in [1.82, 2.24) is 4.37 Å². The van der Waals surface area contributed by atoms with E-state index in [4.69, 9.17) is 16.5 Å². The van der Waals surface area contributed by atoms with Gasteiger partial charge in [-0.2, -0.15) is 9.37 Å². The van der Waals surface area contributed by atoms with Gasteiger partial charge in [-0.15, -0.1) is 0 Å². The van der Waals surface area contributed by atoms with Crippen LogP contribution in [0.15, 0.2) is 40.3 Å². The van der Waals surface area contributed by atoms with E-state index in [2.05, 4.69) is 38.5 Å². The van der Waals surface area contributed by atoms with E-state index in [1.807, 2.05) is 13.0 Å². The van der Waals surface area contributed by atoms with Crippen LogP contribution < -0.4 is 16.4 Å². The molecule has 0 atom stereocenters. The zero-order valence-electron chi connectivity index (χ0n) is 14.3. The molecule has 6 nitrogen and oxygen atoms in total. The molecular formula is C18H22N6S. The van der Waals surface area contributed by atoms with E-state index in [-0.39, 0.29) is 5.96 Å². The average Bonchev–Trinajstić information content (AvgIpc) is 3.01. The average molecular weight is 354 g/mol. The number of nitrogens with two attached hydrogens (primary N) is 2. The topological polar surface area (TPSA) is 92.9 Å². The minimum absolute atomic E-state index is 0.282. The normalized spacial score (nSPS) is 19.6. The number of guanidine groups is 2. The van der Waals surface area contributed by atoms with Gasteiger partial charge in [0.25, 0.3) is 0 Å². The molecule has 4 rings (SSSR count). The Balaban J connectivity index is 1.78. The van der Waals surface area contributed by atoms with E-state index in [1.165, 1.54) is 18.0 Å². The van der Waals surface area contributed by atoms with Gasteiger partial charge < -0.3 is 11.5 Å². The summed E-state index contributed by atoms with van der Waals surface area (Å²) < 4.78 is 4.38. The molecule has 1 aromatic carbocycles. The molecule has 0 radical (unpaired) electrons. The molecule has 1 aromatic heterocycles. The van der Waals surface area contributed by atoms with Crippen LogP contribution in [0.25, 0.3) is 10.4 Å². The summed E-state index contributed by atoms with van der Waals surface area (Å²) in [5, 5.41) is 0. The Morgan fingerprint density at radius 1 is 1.12 bits per heavy atom. The van der Waals surface area contributed by atoms with E-state index >= 15 is 0 Å². The molecule has 2 aromatic rings. The van der Waals surface area contributed by atoms with Crippen LogP contribution in [0.5, 0.6) is 0 Å². The predicted octanol–water partition coefficient (Wildman–Crippen LogP) is 3.23. The van der Waals surface area contributed by atoms with E-state index in [0.29, 0.717) is 5.96 Å². The monoisotopic (exact) mass is 354 g/mol. The molecule has 1 aliphatic carbocycles. The van der Waals surface area contributed by atoms with Crippen molar-refractivity contribution in [2.24, 2.45) is 21.5 Å². The number of hydrogen-bond donors (Lipinski definition) is 2. The molecule has 2 heterocycles. The van der Waals surface area contributed by atoms with Crippen LogP contribution in [0.3, 0.4) is 0 Å². The number of aliphatic imine (C=N–C) groups is 2. The molecular weight excluding hydrogens is 332 g/mol. The molecule has 1 saturated carbocycles. The van der Waals surface area contributed by atoms with Gasteiger partial charge in [-0.25, -0.2) is 4.99 Å². The number of aromatic nitrogens is 1. The van der Waals surface area contributed by atoms with Crippen LogP contribution in [0.1, 0.15) is 37.8 Å². The standard InChI is InChI=1S/C18H22N6S/c1-12-10-15(25-23-12)13-6-5-7-14(11-13)24-17(20)21-16(19)22-18(24)8-3-2-4-9-18/h5-7,10-11H,2-4,8-9H2,1H3,(H4,19,20,21,22). The molecule has 2 aliphatic rings. The fourth-order valence-electron chi connectivity index (χ4n) is 3.79. The van der Waals surface area contributed by atoms with Crippen LogP contribution in [-0.4, -0.2) is 22.0 Å². The van der Waals surface area contributed by atoms with Crippen molar-refractivity contribution in [3.8, 4) is 10.4 Å². The van der Waals surface area contributed by atoms with Crippen LogP contribution in [0.2, 0.25) is 0 Å². The second kappa shape index (κ2) is 6.15. The van der Waals surface area contributed by atoms with Crippen molar-refractivity contribution >= 4 is 29.1 Å². The Morgan fingerprint density at radius 2 is 1.92 bits per heavy atom. The van der Waals surface area contributed by atoms with Gasteiger partial charge in [0.1, 0.15) is 5.66 Å². The van der Waals surface area contributed by atoms with Crippen molar-refractivity contribution < 1.29 is 0 Å². The Labute approximate surface area is 151 Å². The van der Waals surface area contributed by atoms with Crippen molar-refractivity contribution in [3.05, 3.63) is 36.0 Å². The third-order valence-electron chi connectivity index (χ3n) is 4.87. The Hall–Kier alpha value is -2.41. The third kappa shape index (κ3) is 2.89. The first kappa shape index (κ1) is 16.1. The van der Waals surface area contributed by atoms with Crippen LogP contribution >= 0.6 is 11.5 Å². The molecule has 0 bridgehead atoms. The Bertz CT molecular complexity index is 847. The van der Waals surface area contributed by atoms with E-state index < -0.39 is 5.66 Å². The highest BCUT2D eigenvalue weighted by Gasteiger charge is 2.42. The molecule has 1 fully saturated rings. The zero-order chi connectivity index (χ0) is 17.4. The summed E-state index contributed by atoms with van der Waals surface area (Å²) in [7, 11) is 0. The van der Waals surface area contributed by atoms with E-state index in [1.54, 1.807) is 0 Å². The van der Waals surface area contributed by atoms with Crippen LogP contribution in [0, 0.1) is 6.92 Å². The van der Waals surface area contributed by atoms with Gasteiger partial charge in [-0.1, -0.05) is 18.6 Å². The Kier molecular flexibility index (Phi) is 3.95. The molecule has 7 heteroatoms. The Morgan fingerprint density at radius 3 is 2.64 bits per heavy atom. The highest BCUT2D eigenvalue weighted by molar-refractivity contribution is 7.09. The quantitative estimate of drug-likeness (QED) is 0.866. The van der Waals surface area contributed by atoms with E-state index in [9.17, 15) is 0 Å². The summed E-state index contributed by atoms with van der Waals surface area (Å²) in [4.78, 5) is 12.2. The van der Waals surface area contributed by atoms with Gasteiger partial charge in [0.15, 0.2) is 0 Å². The molecule has 0 saturated heterocycles. The zero-order valence-corrected chi connectivity index (χ0v) is 15.1.